The molecule has 130 valence electrons. The second kappa shape index (κ2) is 6.34. The lowest BCUT2D eigenvalue weighted by Gasteiger charge is -2.33. The maximum atomic E-state index is 5.75. The highest BCUT2D eigenvalue weighted by atomic mass is 16.5. The van der Waals surface area contributed by atoms with Gasteiger partial charge in [0.2, 0.25) is 0 Å². The third kappa shape index (κ3) is 2.57. The quantitative estimate of drug-likeness (QED) is 0.788. The van der Waals surface area contributed by atoms with Crippen molar-refractivity contribution < 1.29 is 4.52 Å². The Morgan fingerprint density at radius 1 is 1.23 bits per heavy atom. The molecule has 1 aromatic heterocycles. The van der Waals surface area contributed by atoms with Crippen LogP contribution < -0.4 is 0 Å². The van der Waals surface area contributed by atoms with Gasteiger partial charge in [-0.1, -0.05) is 47.5 Å². The third-order valence-electron chi connectivity index (χ3n) is 5.22. The molecule has 0 amide bonds. The zero-order chi connectivity index (χ0) is 18.3. The number of aromatic nitrogens is 1. The first kappa shape index (κ1) is 16.4. The summed E-state index contributed by atoms with van der Waals surface area (Å²) in [5, 5.41) is 4.07. The molecule has 3 heterocycles. The predicted octanol–water partition coefficient (Wildman–Crippen LogP) is 4.09. The van der Waals surface area contributed by atoms with Crippen molar-refractivity contribution >= 4 is 11.8 Å². The average Bonchev–Trinajstić information content (AvgIpc) is 3.21. The molecule has 4 rings (SSSR count). The van der Waals surface area contributed by atoms with Gasteiger partial charge in [-0.2, -0.15) is 0 Å². The Bertz CT molecular complexity index is 940. The lowest BCUT2D eigenvalue weighted by atomic mass is 9.94. The Morgan fingerprint density at radius 3 is 2.65 bits per heavy atom. The molecule has 0 aliphatic carbocycles. The van der Waals surface area contributed by atoms with Crippen LogP contribution in [0, 0.1) is 26.2 Å². The molecule has 3 unspecified atom stereocenters. The minimum atomic E-state index is -0.0321. The molecule has 2 aliphatic rings. The van der Waals surface area contributed by atoms with E-state index in [1.54, 1.807) is 0 Å². The number of fused-ring (bicyclic) bond motifs is 1. The topological polar surface area (TPSA) is 41.6 Å². The van der Waals surface area contributed by atoms with E-state index in [9.17, 15) is 0 Å². The molecular formula is C22H21N3O. The second-order valence-electron chi connectivity index (χ2n) is 6.80. The second-order valence-corrected chi connectivity index (χ2v) is 6.80. The molecule has 0 spiro atoms. The monoisotopic (exact) mass is 343 g/mol. The normalized spacial score (nSPS) is 22.5. The maximum Gasteiger partial charge on any atom is 0.141 e. The standard InChI is InChI=1S/C22H21N3O/c1-5-17-13-25(15(3)18-9-7-6-8-10-18)20-11-19(12-23-22(17)20)21-14(2)24-26-16(21)4/h1,6-13,15,20,22H,2-4H3. The molecule has 4 heteroatoms. The molecule has 0 N–H and O–H groups in total. The molecule has 0 bridgehead atoms. The Morgan fingerprint density at radius 2 is 2.00 bits per heavy atom. The van der Waals surface area contributed by atoms with Crippen LogP contribution in [0.25, 0.3) is 5.57 Å². The van der Waals surface area contributed by atoms with Gasteiger partial charge in [-0.25, -0.2) is 0 Å². The van der Waals surface area contributed by atoms with Gasteiger partial charge in [0.05, 0.1) is 17.8 Å². The van der Waals surface area contributed by atoms with E-state index in [4.69, 9.17) is 15.9 Å². The van der Waals surface area contributed by atoms with Gasteiger partial charge in [-0.3, -0.25) is 4.99 Å². The molecule has 3 atom stereocenters. The Kier molecular flexibility index (Phi) is 4.00. The predicted molar refractivity (Wildman–Crippen MR) is 104 cm³/mol. The van der Waals surface area contributed by atoms with E-state index in [-0.39, 0.29) is 18.1 Å². The van der Waals surface area contributed by atoms with Crippen molar-refractivity contribution in [3.8, 4) is 12.3 Å². The number of allylic oxidation sites excluding steroid dienone is 1. The summed E-state index contributed by atoms with van der Waals surface area (Å²) in [7, 11) is 0. The van der Waals surface area contributed by atoms with E-state index < -0.39 is 0 Å². The number of hydrogen-bond donors (Lipinski definition) is 0. The van der Waals surface area contributed by atoms with Crippen LogP contribution >= 0.6 is 0 Å². The number of rotatable bonds is 3. The highest BCUT2D eigenvalue weighted by Gasteiger charge is 2.38. The SMILES string of the molecule is C#CC1=CN(C(C)c2ccccc2)C2C=C(c3c(C)noc3C)C=NC12. The first-order chi connectivity index (χ1) is 12.6. The number of aliphatic imine (C=N–C) groups is 1. The molecule has 26 heavy (non-hydrogen) atoms. The fourth-order valence-electron chi connectivity index (χ4n) is 3.84. The Labute approximate surface area is 153 Å². The van der Waals surface area contributed by atoms with E-state index in [0.717, 1.165) is 28.2 Å². The molecule has 0 radical (unpaired) electrons. The first-order valence-corrected chi connectivity index (χ1v) is 8.79. The minimum absolute atomic E-state index is 0.0321. The number of benzene rings is 1. The van der Waals surface area contributed by atoms with Crippen molar-refractivity contribution in [3.05, 3.63) is 70.8 Å². The van der Waals surface area contributed by atoms with E-state index in [1.807, 2.05) is 26.1 Å². The van der Waals surface area contributed by atoms with E-state index in [0.29, 0.717) is 0 Å². The van der Waals surface area contributed by atoms with Gasteiger partial charge in [0.25, 0.3) is 0 Å². The summed E-state index contributed by atoms with van der Waals surface area (Å²) in [5.74, 6) is 3.63. The van der Waals surface area contributed by atoms with Crippen molar-refractivity contribution in [2.45, 2.75) is 38.9 Å². The van der Waals surface area contributed by atoms with Gasteiger partial charge < -0.3 is 9.42 Å². The summed E-state index contributed by atoms with van der Waals surface area (Å²) < 4.78 is 5.33. The molecular weight excluding hydrogens is 322 g/mol. The van der Waals surface area contributed by atoms with Gasteiger partial charge in [0.1, 0.15) is 11.8 Å². The molecule has 1 aromatic carbocycles. The van der Waals surface area contributed by atoms with Crippen molar-refractivity contribution in [1.29, 1.82) is 0 Å². The zero-order valence-corrected chi connectivity index (χ0v) is 15.2. The van der Waals surface area contributed by atoms with E-state index in [2.05, 4.69) is 59.4 Å². The first-order valence-electron chi connectivity index (χ1n) is 8.79. The van der Waals surface area contributed by atoms with Gasteiger partial charge in [0.15, 0.2) is 0 Å². The molecule has 0 saturated heterocycles. The molecule has 2 aliphatic heterocycles. The highest BCUT2D eigenvalue weighted by Crippen LogP contribution is 2.37. The minimum Gasteiger partial charge on any atom is -0.361 e. The lowest BCUT2D eigenvalue weighted by molar-refractivity contribution is 0.261. The number of nitrogens with zero attached hydrogens (tertiary/aromatic N) is 3. The smallest absolute Gasteiger partial charge is 0.141 e. The number of dihydropyridines is 1. The van der Waals surface area contributed by atoms with Crippen molar-refractivity contribution in [2.75, 3.05) is 0 Å². The summed E-state index contributed by atoms with van der Waals surface area (Å²) in [4.78, 5) is 7.08. The van der Waals surface area contributed by atoms with Crippen LogP contribution in [0.1, 0.15) is 35.5 Å². The van der Waals surface area contributed by atoms with Gasteiger partial charge >= 0.3 is 0 Å². The van der Waals surface area contributed by atoms with Crippen LogP contribution in [0.2, 0.25) is 0 Å². The Hall–Kier alpha value is -3.06. The van der Waals surface area contributed by atoms with Crippen LogP contribution in [-0.4, -0.2) is 28.4 Å². The fourth-order valence-corrected chi connectivity index (χ4v) is 3.84. The fraction of sp³-hybridized carbons (Fsp3) is 0.273. The summed E-state index contributed by atoms with van der Waals surface area (Å²) in [5.41, 5.74) is 5.11. The third-order valence-corrected chi connectivity index (χ3v) is 5.22. The van der Waals surface area contributed by atoms with Gasteiger partial charge in [-0.15, -0.1) is 6.42 Å². The zero-order valence-electron chi connectivity index (χ0n) is 15.2. The largest absolute Gasteiger partial charge is 0.361 e. The highest BCUT2D eigenvalue weighted by molar-refractivity contribution is 6.11. The summed E-state index contributed by atoms with van der Waals surface area (Å²) in [6.45, 7) is 6.08. The van der Waals surface area contributed by atoms with Gasteiger partial charge in [-0.05, 0) is 26.3 Å². The van der Waals surface area contributed by atoms with Gasteiger partial charge in [0, 0.05) is 29.1 Å². The maximum absolute atomic E-state index is 5.75. The van der Waals surface area contributed by atoms with Crippen molar-refractivity contribution in [1.82, 2.24) is 10.1 Å². The van der Waals surface area contributed by atoms with Crippen molar-refractivity contribution in [3.63, 3.8) is 0 Å². The van der Waals surface area contributed by atoms with Crippen LogP contribution in [0.15, 0.2) is 57.7 Å². The average molecular weight is 343 g/mol. The summed E-state index contributed by atoms with van der Waals surface area (Å²) in [6, 6.07) is 10.7. The summed E-state index contributed by atoms with van der Waals surface area (Å²) in [6.07, 6.45) is 12.0. The summed E-state index contributed by atoms with van der Waals surface area (Å²) >= 11 is 0. The van der Waals surface area contributed by atoms with E-state index >= 15 is 0 Å². The Balaban J connectivity index is 1.73. The molecule has 4 nitrogen and oxygen atoms in total. The van der Waals surface area contributed by atoms with Crippen molar-refractivity contribution in [2.24, 2.45) is 4.99 Å². The van der Waals surface area contributed by atoms with Crippen LogP contribution in [-0.2, 0) is 0 Å². The van der Waals surface area contributed by atoms with Crippen LogP contribution in [0.5, 0.6) is 0 Å². The molecule has 0 saturated carbocycles. The molecule has 0 fully saturated rings. The van der Waals surface area contributed by atoms with Crippen LogP contribution in [0.4, 0.5) is 0 Å². The number of hydrogen-bond acceptors (Lipinski definition) is 4. The number of aryl methyl sites for hydroxylation is 2. The number of terminal acetylenes is 1. The van der Waals surface area contributed by atoms with E-state index in [1.165, 1.54) is 5.56 Å². The van der Waals surface area contributed by atoms with Crippen LogP contribution in [0.3, 0.4) is 0 Å². The lowest BCUT2D eigenvalue weighted by Crippen LogP contribution is -2.36. The molecule has 2 aromatic rings.